The molecule has 2 aromatic rings. The topological polar surface area (TPSA) is 114 Å². The largest absolute Gasteiger partial charge is 0.458 e. The lowest BCUT2D eigenvalue weighted by atomic mass is 10.0. The van der Waals surface area contributed by atoms with Crippen LogP contribution in [0.15, 0.2) is 67.3 Å². The Hall–Kier alpha value is -4.58. The number of hydrogen-bond acceptors (Lipinski definition) is 6. The fourth-order valence-corrected chi connectivity index (χ4v) is 3.95. The molecule has 0 bridgehead atoms. The van der Waals surface area contributed by atoms with Crippen molar-refractivity contribution in [3.8, 4) is 12.3 Å². The van der Waals surface area contributed by atoms with Gasteiger partial charge in [0, 0.05) is 18.5 Å². The van der Waals surface area contributed by atoms with E-state index in [0.717, 1.165) is 5.56 Å². The molecule has 0 saturated carbocycles. The maximum atomic E-state index is 14.0. The number of alkyl carbamates (subject to hydrolysis) is 1. The maximum Gasteiger partial charge on any atom is 0.408 e. The quantitative estimate of drug-likeness (QED) is 0.234. The standard InChI is InChI=1S/C33H41N3O6/c1-9-20-36(27(37)22-34-31(40)42-33(6,7)8)28(25-18-16-23(10-2)17-19-25)29(38)35-26(30(39)41-32(3,4)5)21-24-14-12-11-13-15-24/h2,9,11-19,26,28H,1,20-22H2,3-8H3,(H,34,40)(H,35,38). The van der Waals surface area contributed by atoms with Gasteiger partial charge in [0.2, 0.25) is 11.8 Å². The third kappa shape index (κ3) is 11.1. The average molecular weight is 576 g/mol. The van der Waals surface area contributed by atoms with Crippen LogP contribution in [0.1, 0.15) is 64.3 Å². The number of benzene rings is 2. The van der Waals surface area contributed by atoms with Crippen LogP contribution in [0.4, 0.5) is 4.79 Å². The van der Waals surface area contributed by atoms with Gasteiger partial charge < -0.3 is 25.0 Å². The van der Waals surface area contributed by atoms with Crippen molar-refractivity contribution in [1.82, 2.24) is 15.5 Å². The van der Waals surface area contributed by atoms with Crippen molar-refractivity contribution >= 4 is 23.9 Å². The third-order valence-corrected chi connectivity index (χ3v) is 5.67. The molecule has 0 heterocycles. The predicted octanol–water partition coefficient (Wildman–Crippen LogP) is 4.32. The highest BCUT2D eigenvalue weighted by Gasteiger charge is 2.35. The van der Waals surface area contributed by atoms with Gasteiger partial charge in [-0.2, -0.15) is 0 Å². The lowest BCUT2D eigenvalue weighted by molar-refractivity contribution is -0.159. The number of amides is 3. The van der Waals surface area contributed by atoms with Gasteiger partial charge in [0.1, 0.15) is 29.8 Å². The summed E-state index contributed by atoms with van der Waals surface area (Å²) in [5.41, 5.74) is 0.289. The Labute approximate surface area is 248 Å². The van der Waals surface area contributed by atoms with E-state index in [4.69, 9.17) is 15.9 Å². The second-order valence-corrected chi connectivity index (χ2v) is 11.6. The molecule has 0 aliphatic rings. The molecule has 2 aromatic carbocycles. The van der Waals surface area contributed by atoms with E-state index in [-0.39, 0.29) is 13.0 Å². The van der Waals surface area contributed by atoms with Crippen LogP contribution >= 0.6 is 0 Å². The second-order valence-electron chi connectivity index (χ2n) is 11.6. The van der Waals surface area contributed by atoms with E-state index in [1.165, 1.54) is 11.0 Å². The molecule has 9 heteroatoms. The maximum absolute atomic E-state index is 14.0. The van der Waals surface area contributed by atoms with E-state index in [0.29, 0.717) is 11.1 Å². The number of nitrogens with one attached hydrogen (secondary N) is 2. The molecule has 2 unspecified atom stereocenters. The summed E-state index contributed by atoms with van der Waals surface area (Å²) in [4.78, 5) is 54.2. The molecule has 2 rings (SSSR count). The number of terminal acetylenes is 1. The lowest BCUT2D eigenvalue weighted by Gasteiger charge is -2.32. The molecule has 3 amide bonds. The molecule has 0 fully saturated rings. The van der Waals surface area contributed by atoms with Crippen LogP contribution in [0.3, 0.4) is 0 Å². The first-order valence-corrected chi connectivity index (χ1v) is 13.6. The zero-order valence-corrected chi connectivity index (χ0v) is 25.2. The summed E-state index contributed by atoms with van der Waals surface area (Å²) < 4.78 is 10.8. The Morgan fingerprint density at radius 2 is 1.55 bits per heavy atom. The van der Waals surface area contributed by atoms with Gasteiger partial charge in [-0.05, 0) is 64.8 Å². The van der Waals surface area contributed by atoms with Crippen molar-refractivity contribution in [1.29, 1.82) is 0 Å². The summed E-state index contributed by atoms with van der Waals surface area (Å²) in [6, 6.07) is 13.6. The van der Waals surface area contributed by atoms with Gasteiger partial charge in [0.25, 0.3) is 0 Å². The minimum Gasteiger partial charge on any atom is -0.458 e. The summed E-state index contributed by atoms with van der Waals surface area (Å²) >= 11 is 0. The first kappa shape index (κ1) is 33.6. The number of nitrogens with zero attached hydrogens (tertiary/aromatic N) is 1. The van der Waals surface area contributed by atoms with E-state index in [1.54, 1.807) is 65.8 Å². The van der Waals surface area contributed by atoms with Crippen LogP contribution in [0, 0.1) is 12.3 Å². The number of rotatable bonds is 11. The predicted molar refractivity (Wildman–Crippen MR) is 161 cm³/mol. The van der Waals surface area contributed by atoms with Gasteiger partial charge in [-0.3, -0.25) is 9.59 Å². The Morgan fingerprint density at radius 3 is 2.07 bits per heavy atom. The van der Waals surface area contributed by atoms with Crippen molar-refractivity contribution < 1.29 is 28.7 Å². The molecule has 0 saturated heterocycles. The molecule has 0 aromatic heterocycles. The van der Waals surface area contributed by atoms with Crippen LogP contribution in [0.5, 0.6) is 0 Å². The zero-order valence-electron chi connectivity index (χ0n) is 25.2. The Morgan fingerprint density at radius 1 is 0.952 bits per heavy atom. The fourth-order valence-electron chi connectivity index (χ4n) is 3.95. The molecule has 2 atom stereocenters. The van der Waals surface area contributed by atoms with Gasteiger partial charge in [-0.1, -0.05) is 54.5 Å². The van der Waals surface area contributed by atoms with E-state index in [2.05, 4.69) is 23.1 Å². The fraction of sp³-hybridized carbons (Fsp3) is 0.394. The zero-order chi connectivity index (χ0) is 31.5. The summed E-state index contributed by atoms with van der Waals surface area (Å²) in [6.45, 7) is 13.6. The average Bonchev–Trinajstić information content (AvgIpc) is 2.90. The number of carbonyl (C=O) groups is 4. The highest BCUT2D eigenvalue weighted by molar-refractivity contribution is 5.93. The van der Waals surface area contributed by atoms with Gasteiger partial charge >= 0.3 is 12.1 Å². The van der Waals surface area contributed by atoms with Crippen LogP contribution in [0.2, 0.25) is 0 Å². The number of esters is 1. The van der Waals surface area contributed by atoms with Crippen molar-refractivity contribution in [2.24, 2.45) is 0 Å². The van der Waals surface area contributed by atoms with Crippen LogP contribution < -0.4 is 10.6 Å². The molecule has 224 valence electrons. The van der Waals surface area contributed by atoms with Crippen molar-refractivity contribution in [2.75, 3.05) is 13.1 Å². The molecule has 2 N–H and O–H groups in total. The molecule has 0 spiro atoms. The normalized spacial score (nSPS) is 12.6. The summed E-state index contributed by atoms with van der Waals surface area (Å²) in [5, 5.41) is 5.25. The highest BCUT2D eigenvalue weighted by atomic mass is 16.6. The Bertz CT molecular complexity index is 1280. The van der Waals surface area contributed by atoms with Crippen molar-refractivity contribution in [3.05, 3.63) is 83.9 Å². The Kier molecular flexibility index (Phi) is 11.9. The first-order valence-electron chi connectivity index (χ1n) is 13.6. The minimum absolute atomic E-state index is 0.0282. The van der Waals surface area contributed by atoms with Gasteiger partial charge in [-0.15, -0.1) is 13.0 Å². The smallest absolute Gasteiger partial charge is 0.408 e. The summed E-state index contributed by atoms with van der Waals surface area (Å²) in [6.07, 6.45) is 6.37. The van der Waals surface area contributed by atoms with Crippen LogP contribution in [0.25, 0.3) is 0 Å². The van der Waals surface area contributed by atoms with Gasteiger partial charge in [0.15, 0.2) is 0 Å². The lowest BCUT2D eigenvalue weighted by Crippen LogP contribution is -2.52. The second kappa shape index (κ2) is 14.9. The molecular formula is C33H41N3O6. The van der Waals surface area contributed by atoms with Crippen LogP contribution in [-0.2, 0) is 30.3 Å². The molecule has 9 nitrogen and oxygen atoms in total. The third-order valence-electron chi connectivity index (χ3n) is 5.67. The van der Waals surface area contributed by atoms with E-state index >= 15 is 0 Å². The van der Waals surface area contributed by atoms with Crippen molar-refractivity contribution in [3.63, 3.8) is 0 Å². The van der Waals surface area contributed by atoms with E-state index in [9.17, 15) is 19.2 Å². The van der Waals surface area contributed by atoms with Gasteiger partial charge in [-0.25, -0.2) is 9.59 Å². The molecule has 0 radical (unpaired) electrons. The van der Waals surface area contributed by atoms with Gasteiger partial charge in [0.05, 0.1) is 0 Å². The Balaban J connectivity index is 2.45. The highest BCUT2D eigenvalue weighted by Crippen LogP contribution is 2.23. The van der Waals surface area contributed by atoms with Crippen LogP contribution in [-0.4, -0.2) is 59.1 Å². The minimum atomic E-state index is -1.19. The molecular weight excluding hydrogens is 534 g/mol. The number of hydrogen-bond donors (Lipinski definition) is 2. The number of carbonyl (C=O) groups excluding carboxylic acids is 4. The molecule has 0 aliphatic heterocycles. The summed E-state index contributed by atoms with van der Waals surface area (Å²) in [5.74, 6) is 0.718. The van der Waals surface area contributed by atoms with E-state index < -0.39 is 53.7 Å². The first-order chi connectivity index (χ1) is 19.6. The SMILES string of the molecule is C#Cc1ccc(C(C(=O)NC(Cc2ccccc2)C(=O)OC(C)(C)C)N(CC=C)C(=O)CNC(=O)OC(C)(C)C)cc1. The number of ether oxygens (including phenoxy) is 2. The monoisotopic (exact) mass is 575 g/mol. The van der Waals surface area contributed by atoms with E-state index in [1.807, 2.05) is 30.3 Å². The summed E-state index contributed by atoms with van der Waals surface area (Å²) in [7, 11) is 0. The van der Waals surface area contributed by atoms with Crippen molar-refractivity contribution in [2.45, 2.75) is 71.2 Å². The molecule has 0 aliphatic carbocycles. The molecule has 42 heavy (non-hydrogen) atoms.